The van der Waals surface area contributed by atoms with Crippen molar-refractivity contribution in [3.8, 4) is 11.3 Å². The fraction of sp³-hybridized carbons (Fsp3) is 0.182. The number of hydrogen-bond donors (Lipinski definition) is 2. The highest BCUT2D eigenvalue weighted by atomic mass is 14.7. The zero-order valence-corrected chi connectivity index (χ0v) is 20.9. The van der Waals surface area contributed by atoms with Gasteiger partial charge in [-0.25, -0.2) is 0 Å². The van der Waals surface area contributed by atoms with Crippen molar-refractivity contribution in [2.24, 2.45) is 0 Å². The molecule has 5 aromatic rings. The van der Waals surface area contributed by atoms with Crippen molar-refractivity contribution in [3.05, 3.63) is 118 Å². The highest BCUT2D eigenvalue weighted by Gasteiger charge is 2.16. The van der Waals surface area contributed by atoms with E-state index in [-0.39, 0.29) is 0 Å². The third kappa shape index (κ3) is 4.80. The van der Waals surface area contributed by atoms with Crippen molar-refractivity contribution in [2.45, 2.75) is 39.5 Å². The Morgan fingerprint density at radius 2 is 1.46 bits per heavy atom. The van der Waals surface area contributed by atoms with Gasteiger partial charge in [-0.1, -0.05) is 106 Å². The normalized spacial score (nSPS) is 12.0. The monoisotopic (exact) mass is 456 g/mol. The zero-order valence-electron chi connectivity index (χ0n) is 20.9. The summed E-state index contributed by atoms with van der Waals surface area (Å²) in [4.78, 5) is 7.24. The molecule has 2 N–H and O–H groups in total. The Labute approximate surface area is 207 Å². The molecule has 0 atom stereocenters. The molecule has 0 unspecified atom stereocenters. The summed E-state index contributed by atoms with van der Waals surface area (Å²) in [6.07, 6.45) is 4.20. The summed E-state index contributed by atoms with van der Waals surface area (Å²) in [5.74, 6) is 0.955. The molecule has 0 aliphatic rings. The Morgan fingerprint density at radius 1 is 0.714 bits per heavy atom. The van der Waals surface area contributed by atoms with Crippen LogP contribution >= 0.6 is 0 Å². The molecule has 0 saturated carbocycles. The van der Waals surface area contributed by atoms with E-state index >= 15 is 0 Å². The Balaban J connectivity index is 1.62. The van der Waals surface area contributed by atoms with Crippen LogP contribution in [0.15, 0.2) is 84.9 Å². The molecular weight excluding hydrogens is 424 g/mol. The van der Waals surface area contributed by atoms with Crippen LogP contribution < -0.4 is 10.7 Å². The minimum atomic E-state index is 0.441. The van der Waals surface area contributed by atoms with E-state index in [1.165, 1.54) is 33.2 Å². The van der Waals surface area contributed by atoms with Gasteiger partial charge in [-0.05, 0) is 52.8 Å². The van der Waals surface area contributed by atoms with E-state index < -0.39 is 0 Å². The molecule has 0 amide bonds. The number of hydrogen-bond acceptors (Lipinski definition) is 0. The SMILES string of the molecule is CC(C)c1ccc(-c2[nH]c(C=c3ccc(=C=Cc4ccccc4)[nH]3)c3ccccc23)c(C(C)C)c1. The average molecular weight is 457 g/mol. The van der Waals surface area contributed by atoms with Crippen LogP contribution in [0.4, 0.5) is 0 Å². The van der Waals surface area contributed by atoms with Crippen LogP contribution in [0.3, 0.4) is 0 Å². The van der Waals surface area contributed by atoms with Gasteiger partial charge in [-0.15, -0.1) is 0 Å². The standard InChI is InChI=1S/C33H32N2/c1-22(2)25-15-19-30(31(20-25)23(3)4)33-29-13-9-8-12-28(29)32(35-33)21-27-18-17-26(34-27)16-14-24-10-6-5-7-11-24/h5-15,17-23,34-35H,1-4H3. The van der Waals surface area contributed by atoms with E-state index in [4.69, 9.17) is 0 Å². The van der Waals surface area contributed by atoms with E-state index in [1.807, 2.05) is 24.3 Å². The molecule has 5 rings (SSSR count). The fourth-order valence-corrected chi connectivity index (χ4v) is 4.62. The predicted molar refractivity (Wildman–Crippen MR) is 150 cm³/mol. The van der Waals surface area contributed by atoms with Crippen molar-refractivity contribution in [3.63, 3.8) is 0 Å². The molecule has 0 aliphatic heterocycles. The molecular formula is C33H32N2. The maximum atomic E-state index is 3.76. The van der Waals surface area contributed by atoms with E-state index in [0.29, 0.717) is 11.8 Å². The first-order chi connectivity index (χ1) is 17.0. The lowest BCUT2D eigenvalue weighted by Gasteiger charge is -2.16. The molecule has 0 aliphatic carbocycles. The first-order valence-electron chi connectivity index (χ1n) is 12.4. The van der Waals surface area contributed by atoms with Crippen LogP contribution in [0, 0.1) is 0 Å². The summed E-state index contributed by atoms with van der Waals surface area (Å²) in [5, 5.41) is 4.49. The summed E-state index contributed by atoms with van der Waals surface area (Å²) < 4.78 is 0. The van der Waals surface area contributed by atoms with Crippen LogP contribution in [0.25, 0.3) is 39.9 Å². The molecule has 2 heterocycles. The van der Waals surface area contributed by atoms with Crippen LogP contribution in [0.2, 0.25) is 0 Å². The minimum Gasteiger partial charge on any atom is -0.354 e. The van der Waals surface area contributed by atoms with Gasteiger partial charge in [0.1, 0.15) is 0 Å². The first kappa shape index (κ1) is 22.8. The van der Waals surface area contributed by atoms with Crippen molar-refractivity contribution < 1.29 is 0 Å². The van der Waals surface area contributed by atoms with Gasteiger partial charge >= 0.3 is 0 Å². The van der Waals surface area contributed by atoms with Gasteiger partial charge in [-0.3, -0.25) is 0 Å². The maximum Gasteiger partial charge on any atom is 0.0818 e. The lowest BCUT2D eigenvalue weighted by molar-refractivity contribution is 0.835. The van der Waals surface area contributed by atoms with Gasteiger partial charge in [0.05, 0.1) is 11.0 Å². The molecule has 0 radical (unpaired) electrons. The second-order valence-corrected chi connectivity index (χ2v) is 9.79. The zero-order chi connectivity index (χ0) is 24.4. The molecule has 0 spiro atoms. The van der Waals surface area contributed by atoms with Crippen molar-refractivity contribution in [1.29, 1.82) is 0 Å². The van der Waals surface area contributed by atoms with Gasteiger partial charge in [-0.2, -0.15) is 0 Å². The third-order valence-corrected chi connectivity index (χ3v) is 6.58. The molecule has 174 valence electrons. The quantitative estimate of drug-likeness (QED) is 0.277. The van der Waals surface area contributed by atoms with Gasteiger partial charge in [0.2, 0.25) is 0 Å². The molecule has 0 bridgehead atoms. The molecule has 0 fully saturated rings. The number of benzene rings is 3. The summed E-state index contributed by atoms with van der Waals surface area (Å²) in [6, 6.07) is 30.0. The topological polar surface area (TPSA) is 31.6 Å². The average Bonchev–Trinajstić information content (AvgIpc) is 3.48. The molecule has 2 aromatic heterocycles. The van der Waals surface area contributed by atoms with E-state index in [0.717, 1.165) is 22.0 Å². The molecule has 2 heteroatoms. The largest absolute Gasteiger partial charge is 0.354 e. The van der Waals surface area contributed by atoms with Crippen molar-refractivity contribution in [1.82, 2.24) is 9.97 Å². The smallest absolute Gasteiger partial charge is 0.0818 e. The predicted octanol–water partition coefficient (Wildman–Crippen LogP) is 7.33. The Morgan fingerprint density at radius 3 is 2.20 bits per heavy atom. The number of aromatic amines is 2. The summed E-state index contributed by atoms with van der Waals surface area (Å²) in [5.41, 5.74) is 10.9. The van der Waals surface area contributed by atoms with Crippen LogP contribution in [-0.2, 0) is 0 Å². The van der Waals surface area contributed by atoms with Crippen molar-refractivity contribution in [2.75, 3.05) is 0 Å². The fourth-order valence-electron chi connectivity index (χ4n) is 4.62. The Hall–Kier alpha value is -4.00. The number of H-pyrrole nitrogens is 2. The van der Waals surface area contributed by atoms with Gasteiger partial charge in [0.15, 0.2) is 0 Å². The van der Waals surface area contributed by atoms with E-state index in [2.05, 4.69) is 116 Å². The van der Waals surface area contributed by atoms with Gasteiger partial charge < -0.3 is 9.97 Å². The summed E-state index contributed by atoms with van der Waals surface area (Å²) in [7, 11) is 0. The lowest BCUT2D eigenvalue weighted by Crippen LogP contribution is -2.08. The van der Waals surface area contributed by atoms with Gasteiger partial charge in [0, 0.05) is 27.4 Å². The molecule has 0 saturated heterocycles. The van der Waals surface area contributed by atoms with E-state index in [1.54, 1.807) is 0 Å². The second kappa shape index (κ2) is 9.70. The lowest BCUT2D eigenvalue weighted by atomic mass is 9.89. The number of aromatic nitrogens is 2. The molecule has 35 heavy (non-hydrogen) atoms. The second-order valence-electron chi connectivity index (χ2n) is 9.79. The number of nitrogens with one attached hydrogen (secondary N) is 2. The first-order valence-corrected chi connectivity index (χ1v) is 12.4. The number of rotatable bonds is 5. The Kier molecular flexibility index (Phi) is 6.31. The summed E-state index contributed by atoms with van der Waals surface area (Å²) >= 11 is 0. The van der Waals surface area contributed by atoms with Crippen LogP contribution in [0.5, 0.6) is 0 Å². The Bertz CT molecular complexity index is 1620. The minimum absolute atomic E-state index is 0.441. The van der Waals surface area contributed by atoms with Crippen LogP contribution in [0.1, 0.15) is 61.9 Å². The van der Waals surface area contributed by atoms with Crippen LogP contribution in [-0.4, -0.2) is 9.97 Å². The number of fused-ring (bicyclic) bond motifs is 1. The third-order valence-electron chi connectivity index (χ3n) is 6.58. The molecule has 3 aromatic carbocycles. The molecule has 2 nitrogen and oxygen atoms in total. The summed E-state index contributed by atoms with van der Waals surface area (Å²) in [6.45, 7) is 9.07. The van der Waals surface area contributed by atoms with E-state index in [9.17, 15) is 0 Å². The maximum absolute atomic E-state index is 3.76. The highest BCUT2D eigenvalue weighted by Crippen LogP contribution is 2.37. The van der Waals surface area contributed by atoms with Crippen molar-refractivity contribution >= 4 is 28.7 Å². The highest BCUT2D eigenvalue weighted by molar-refractivity contribution is 6.01. The van der Waals surface area contributed by atoms with Gasteiger partial charge in [0.25, 0.3) is 0 Å².